The van der Waals surface area contributed by atoms with E-state index in [1.807, 2.05) is 6.07 Å². The second-order valence-corrected chi connectivity index (χ2v) is 6.33. The van der Waals surface area contributed by atoms with Crippen molar-refractivity contribution in [1.29, 1.82) is 0 Å². The molecule has 1 fully saturated rings. The number of primary amides is 1. The lowest BCUT2D eigenvalue weighted by Gasteiger charge is -2.21. The van der Waals surface area contributed by atoms with E-state index in [0.29, 0.717) is 24.9 Å². The van der Waals surface area contributed by atoms with Gasteiger partial charge in [-0.15, -0.1) is 0 Å². The number of nitrogens with zero attached hydrogens (tertiary/aromatic N) is 1. The van der Waals surface area contributed by atoms with E-state index in [-0.39, 0.29) is 5.75 Å². The average Bonchev–Trinajstić information content (AvgIpc) is 2.79. The lowest BCUT2D eigenvalue weighted by Crippen LogP contribution is -2.44. The van der Waals surface area contributed by atoms with Crippen molar-refractivity contribution in [3.63, 3.8) is 0 Å². The molecule has 5 nitrogen and oxygen atoms in total. The third-order valence-corrected chi connectivity index (χ3v) is 4.93. The van der Waals surface area contributed by atoms with Gasteiger partial charge in [-0.25, -0.2) is 8.42 Å². The number of rotatable bonds is 4. The standard InChI is InChI=1S/C12H16N2O3S/c13-12(15)11-7-4-8-14(11)18(16,17)9-10-5-2-1-3-6-10/h1-3,5-6,11H,4,7-9H2,(H2,13,15). The van der Waals surface area contributed by atoms with E-state index in [1.165, 1.54) is 4.31 Å². The van der Waals surface area contributed by atoms with Gasteiger partial charge < -0.3 is 5.73 Å². The van der Waals surface area contributed by atoms with Gasteiger partial charge in [0.25, 0.3) is 0 Å². The van der Waals surface area contributed by atoms with Crippen LogP contribution in [0.15, 0.2) is 30.3 Å². The molecule has 0 bridgehead atoms. The molecule has 1 aromatic carbocycles. The van der Waals surface area contributed by atoms with Gasteiger partial charge in [0.2, 0.25) is 15.9 Å². The molecule has 0 aliphatic carbocycles. The van der Waals surface area contributed by atoms with Crippen molar-refractivity contribution < 1.29 is 13.2 Å². The van der Waals surface area contributed by atoms with Gasteiger partial charge in [-0.2, -0.15) is 4.31 Å². The highest BCUT2D eigenvalue weighted by molar-refractivity contribution is 7.88. The van der Waals surface area contributed by atoms with Gasteiger partial charge in [0.1, 0.15) is 6.04 Å². The number of hydrogen-bond donors (Lipinski definition) is 1. The van der Waals surface area contributed by atoms with Crippen LogP contribution < -0.4 is 5.73 Å². The smallest absolute Gasteiger partial charge is 0.235 e. The molecule has 1 saturated heterocycles. The van der Waals surface area contributed by atoms with Gasteiger partial charge >= 0.3 is 0 Å². The number of sulfonamides is 1. The molecule has 98 valence electrons. The average molecular weight is 268 g/mol. The largest absolute Gasteiger partial charge is 0.368 e. The maximum absolute atomic E-state index is 12.2. The van der Waals surface area contributed by atoms with Crippen LogP contribution in [0, 0.1) is 0 Å². The Labute approximate surface area is 107 Å². The van der Waals surface area contributed by atoms with Crippen LogP contribution in [0.3, 0.4) is 0 Å². The van der Waals surface area contributed by atoms with Crippen LogP contribution in [0.25, 0.3) is 0 Å². The molecule has 0 radical (unpaired) electrons. The van der Waals surface area contributed by atoms with Crippen LogP contribution in [-0.2, 0) is 20.6 Å². The Morgan fingerprint density at radius 2 is 2.00 bits per heavy atom. The summed E-state index contributed by atoms with van der Waals surface area (Å²) in [6, 6.07) is 8.25. The summed E-state index contributed by atoms with van der Waals surface area (Å²) >= 11 is 0. The summed E-state index contributed by atoms with van der Waals surface area (Å²) in [4.78, 5) is 11.2. The van der Waals surface area contributed by atoms with Crippen LogP contribution in [0.5, 0.6) is 0 Å². The number of nitrogens with two attached hydrogens (primary N) is 1. The summed E-state index contributed by atoms with van der Waals surface area (Å²) in [6.45, 7) is 0.378. The van der Waals surface area contributed by atoms with E-state index in [0.717, 1.165) is 0 Å². The SMILES string of the molecule is NC(=O)C1CCCN1S(=O)(=O)Cc1ccccc1. The van der Waals surface area contributed by atoms with Gasteiger partial charge in [-0.3, -0.25) is 4.79 Å². The summed E-state index contributed by atoms with van der Waals surface area (Å²) < 4.78 is 25.7. The van der Waals surface area contributed by atoms with Crippen LogP contribution in [0.1, 0.15) is 18.4 Å². The number of hydrogen-bond acceptors (Lipinski definition) is 3. The van der Waals surface area contributed by atoms with Crippen molar-refractivity contribution in [1.82, 2.24) is 4.31 Å². The monoisotopic (exact) mass is 268 g/mol. The molecule has 1 heterocycles. The molecule has 1 atom stereocenters. The fourth-order valence-corrected chi connectivity index (χ4v) is 4.01. The highest BCUT2D eigenvalue weighted by Gasteiger charge is 2.37. The Morgan fingerprint density at radius 1 is 1.33 bits per heavy atom. The number of benzene rings is 1. The normalized spacial score (nSPS) is 21.0. The van der Waals surface area contributed by atoms with E-state index in [2.05, 4.69) is 0 Å². The molecule has 1 aliphatic heterocycles. The minimum atomic E-state index is -3.47. The first kappa shape index (κ1) is 13.0. The predicted octanol–water partition coefficient (Wildman–Crippen LogP) is 0.466. The third-order valence-electron chi connectivity index (χ3n) is 3.08. The molecule has 1 aromatic rings. The maximum Gasteiger partial charge on any atom is 0.235 e. The van der Waals surface area contributed by atoms with E-state index in [1.54, 1.807) is 24.3 Å². The Kier molecular flexibility index (Phi) is 3.68. The Morgan fingerprint density at radius 3 is 2.61 bits per heavy atom. The van der Waals surface area contributed by atoms with E-state index in [9.17, 15) is 13.2 Å². The lowest BCUT2D eigenvalue weighted by atomic mass is 10.2. The molecular formula is C12H16N2O3S. The molecule has 2 N–H and O–H groups in total. The summed E-state index contributed by atoms with van der Waals surface area (Å²) in [5, 5.41) is 0. The van der Waals surface area contributed by atoms with Gasteiger partial charge in [-0.05, 0) is 18.4 Å². The van der Waals surface area contributed by atoms with Crippen LogP contribution in [0.4, 0.5) is 0 Å². The summed E-state index contributed by atoms with van der Waals surface area (Å²) in [5.74, 6) is -0.651. The second kappa shape index (κ2) is 5.07. The van der Waals surface area contributed by atoms with Crippen molar-refractivity contribution in [3.05, 3.63) is 35.9 Å². The van der Waals surface area contributed by atoms with Gasteiger partial charge in [0, 0.05) is 6.54 Å². The highest BCUT2D eigenvalue weighted by atomic mass is 32.2. The molecular weight excluding hydrogens is 252 g/mol. The fourth-order valence-electron chi connectivity index (χ4n) is 2.23. The van der Waals surface area contributed by atoms with Crippen LogP contribution in [-0.4, -0.2) is 31.2 Å². The number of carbonyl (C=O) groups excluding carboxylic acids is 1. The first-order valence-electron chi connectivity index (χ1n) is 5.83. The second-order valence-electron chi connectivity index (χ2n) is 4.41. The quantitative estimate of drug-likeness (QED) is 0.861. The molecule has 0 aromatic heterocycles. The minimum Gasteiger partial charge on any atom is -0.368 e. The molecule has 1 aliphatic rings. The molecule has 6 heteroatoms. The zero-order valence-corrected chi connectivity index (χ0v) is 10.8. The maximum atomic E-state index is 12.2. The Hall–Kier alpha value is -1.40. The van der Waals surface area contributed by atoms with E-state index in [4.69, 9.17) is 5.73 Å². The summed E-state index contributed by atoms with van der Waals surface area (Å²) in [6.07, 6.45) is 1.20. The van der Waals surface area contributed by atoms with Crippen molar-refractivity contribution in [2.45, 2.75) is 24.6 Å². The van der Waals surface area contributed by atoms with Crippen molar-refractivity contribution in [3.8, 4) is 0 Å². The van der Waals surface area contributed by atoms with Crippen LogP contribution in [0.2, 0.25) is 0 Å². The van der Waals surface area contributed by atoms with E-state index >= 15 is 0 Å². The fraction of sp³-hybridized carbons (Fsp3) is 0.417. The minimum absolute atomic E-state index is 0.0857. The first-order chi connectivity index (χ1) is 8.50. The van der Waals surface area contributed by atoms with Crippen molar-refractivity contribution in [2.75, 3.05) is 6.54 Å². The van der Waals surface area contributed by atoms with E-state index < -0.39 is 22.0 Å². The third kappa shape index (κ3) is 2.70. The van der Waals surface area contributed by atoms with Crippen molar-refractivity contribution in [2.24, 2.45) is 5.73 Å². The van der Waals surface area contributed by atoms with Crippen LogP contribution >= 0.6 is 0 Å². The lowest BCUT2D eigenvalue weighted by molar-refractivity contribution is -0.121. The predicted molar refractivity (Wildman–Crippen MR) is 68.0 cm³/mol. The molecule has 18 heavy (non-hydrogen) atoms. The summed E-state index contributed by atoms with van der Waals surface area (Å²) in [7, 11) is -3.47. The molecule has 2 rings (SSSR count). The zero-order valence-electron chi connectivity index (χ0n) is 9.95. The Balaban J connectivity index is 2.19. The molecule has 1 amide bonds. The van der Waals surface area contributed by atoms with Crippen molar-refractivity contribution >= 4 is 15.9 Å². The Bertz CT molecular complexity index is 528. The molecule has 0 saturated carbocycles. The van der Waals surface area contributed by atoms with Gasteiger partial charge in [-0.1, -0.05) is 30.3 Å². The number of amides is 1. The molecule has 1 unspecified atom stereocenters. The summed E-state index contributed by atoms with van der Waals surface area (Å²) in [5.41, 5.74) is 5.95. The topological polar surface area (TPSA) is 80.5 Å². The van der Waals surface area contributed by atoms with Gasteiger partial charge in [0.15, 0.2) is 0 Å². The highest BCUT2D eigenvalue weighted by Crippen LogP contribution is 2.23. The number of carbonyl (C=O) groups is 1. The molecule has 0 spiro atoms. The van der Waals surface area contributed by atoms with Gasteiger partial charge in [0.05, 0.1) is 5.75 Å². The first-order valence-corrected chi connectivity index (χ1v) is 7.44. The zero-order chi connectivity index (χ0) is 13.2.